The van der Waals surface area contributed by atoms with E-state index >= 15 is 0 Å². The van der Waals surface area contributed by atoms with E-state index in [1.165, 1.54) is 12.4 Å². The number of hydrogen-bond donors (Lipinski definition) is 2. The van der Waals surface area contributed by atoms with Gasteiger partial charge in [0.05, 0.1) is 5.56 Å². The number of anilines is 1. The number of rotatable bonds is 6. The highest BCUT2D eigenvalue weighted by Gasteiger charge is 2.13. The standard InChI is InChI=1S/C20H18N4O3/c25-19(21-9-14-4-2-1-3-5-14)16-11-23-20(24-12-16)22-10-15-6-7-17-18(8-15)27-13-26-17/h1-8,11-12H,9-10,13H2,(H,21,25)(H,22,23,24). The third kappa shape index (κ3) is 4.14. The molecule has 3 aromatic rings. The van der Waals surface area contributed by atoms with Crippen LogP contribution in [0.4, 0.5) is 5.95 Å². The van der Waals surface area contributed by atoms with Gasteiger partial charge in [-0.15, -0.1) is 0 Å². The summed E-state index contributed by atoms with van der Waals surface area (Å²) in [7, 11) is 0. The van der Waals surface area contributed by atoms with Gasteiger partial charge in [0.15, 0.2) is 11.5 Å². The first-order valence-corrected chi connectivity index (χ1v) is 8.54. The SMILES string of the molecule is O=C(NCc1ccccc1)c1cnc(NCc2ccc3c(c2)OCO3)nc1. The zero-order valence-corrected chi connectivity index (χ0v) is 14.5. The molecule has 0 fully saturated rings. The Kier molecular flexibility index (Phi) is 4.82. The number of aromatic nitrogens is 2. The Bertz CT molecular complexity index is 930. The first-order chi connectivity index (χ1) is 13.3. The summed E-state index contributed by atoms with van der Waals surface area (Å²) < 4.78 is 10.7. The number of hydrogen-bond acceptors (Lipinski definition) is 6. The maximum atomic E-state index is 12.2. The molecule has 1 aliphatic rings. The normalized spacial score (nSPS) is 11.9. The molecule has 0 saturated heterocycles. The second-order valence-electron chi connectivity index (χ2n) is 6.00. The van der Waals surface area contributed by atoms with Crippen LogP contribution < -0.4 is 20.1 Å². The van der Waals surface area contributed by atoms with Crippen LogP contribution >= 0.6 is 0 Å². The van der Waals surface area contributed by atoms with Crippen molar-refractivity contribution in [2.75, 3.05) is 12.1 Å². The van der Waals surface area contributed by atoms with Crippen LogP contribution in [0.1, 0.15) is 21.5 Å². The van der Waals surface area contributed by atoms with Crippen molar-refractivity contribution in [2.24, 2.45) is 0 Å². The summed E-state index contributed by atoms with van der Waals surface area (Å²) in [6.07, 6.45) is 3.02. The third-order valence-corrected chi connectivity index (χ3v) is 4.10. The lowest BCUT2D eigenvalue weighted by Crippen LogP contribution is -2.23. The second kappa shape index (κ2) is 7.74. The second-order valence-corrected chi connectivity index (χ2v) is 6.00. The monoisotopic (exact) mass is 362 g/mol. The molecule has 1 amide bonds. The molecule has 7 heteroatoms. The summed E-state index contributed by atoms with van der Waals surface area (Å²) in [6, 6.07) is 15.5. The minimum absolute atomic E-state index is 0.207. The Morgan fingerprint density at radius 3 is 2.52 bits per heavy atom. The number of amides is 1. The highest BCUT2D eigenvalue weighted by molar-refractivity contribution is 5.93. The van der Waals surface area contributed by atoms with Crippen LogP contribution in [0, 0.1) is 0 Å². The number of nitrogens with one attached hydrogen (secondary N) is 2. The number of nitrogens with zero attached hydrogens (tertiary/aromatic N) is 2. The Labute approximate surface area is 156 Å². The average Bonchev–Trinajstić information content (AvgIpc) is 3.19. The zero-order valence-electron chi connectivity index (χ0n) is 14.5. The first kappa shape index (κ1) is 16.8. The van der Waals surface area contributed by atoms with Crippen molar-refractivity contribution < 1.29 is 14.3 Å². The fourth-order valence-corrected chi connectivity index (χ4v) is 2.65. The average molecular weight is 362 g/mol. The van der Waals surface area contributed by atoms with Crippen LogP contribution in [0.3, 0.4) is 0 Å². The quantitative estimate of drug-likeness (QED) is 0.701. The zero-order chi connectivity index (χ0) is 18.5. The van der Waals surface area contributed by atoms with Crippen molar-refractivity contribution in [1.82, 2.24) is 15.3 Å². The summed E-state index contributed by atoms with van der Waals surface area (Å²) >= 11 is 0. The Balaban J connectivity index is 1.31. The van der Waals surface area contributed by atoms with Gasteiger partial charge in [-0.3, -0.25) is 4.79 Å². The molecular weight excluding hydrogens is 344 g/mol. The molecule has 0 radical (unpaired) electrons. The van der Waals surface area contributed by atoms with Crippen molar-refractivity contribution in [2.45, 2.75) is 13.1 Å². The van der Waals surface area contributed by atoms with Crippen molar-refractivity contribution in [3.8, 4) is 11.5 Å². The lowest BCUT2D eigenvalue weighted by atomic mass is 10.2. The van der Waals surface area contributed by atoms with Crippen LogP contribution in [0.15, 0.2) is 60.9 Å². The van der Waals surface area contributed by atoms with E-state index in [2.05, 4.69) is 20.6 Å². The van der Waals surface area contributed by atoms with E-state index in [1.807, 2.05) is 48.5 Å². The summed E-state index contributed by atoms with van der Waals surface area (Å²) in [6.45, 7) is 1.25. The van der Waals surface area contributed by atoms with Gasteiger partial charge in [0, 0.05) is 25.5 Å². The molecule has 2 N–H and O–H groups in total. The Morgan fingerprint density at radius 2 is 1.70 bits per heavy atom. The number of ether oxygens (including phenoxy) is 2. The highest BCUT2D eigenvalue weighted by Crippen LogP contribution is 2.32. The van der Waals surface area contributed by atoms with Gasteiger partial charge in [-0.2, -0.15) is 0 Å². The van der Waals surface area contributed by atoms with Gasteiger partial charge < -0.3 is 20.1 Å². The van der Waals surface area contributed by atoms with Crippen LogP contribution in [-0.4, -0.2) is 22.7 Å². The van der Waals surface area contributed by atoms with Crippen molar-refractivity contribution in [3.05, 3.63) is 77.6 Å². The minimum Gasteiger partial charge on any atom is -0.454 e. The molecule has 0 spiro atoms. The molecule has 2 aromatic carbocycles. The van der Waals surface area contributed by atoms with E-state index in [1.54, 1.807) is 0 Å². The number of carbonyl (C=O) groups excluding carboxylic acids is 1. The molecule has 136 valence electrons. The van der Waals surface area contributed by atoms with Gasteiger partial charge in [0.1, 0.15) is 0 Å². The van der Waals surface area contributed by atoms with Crippen LogP contribution in [0.5, 0.6) is 11.5 Å². The fraction of sp³-hybridized carbons (Fsp3) is 0.150. The van der Waals surface area contributed by atoms with E-state index < -0.39 is 0 Å². The molecule has 0 unspecified atom stereocenters. The molecule has 1 aliphatic heterocycles. The molecule has 0 saturated carbocycles. The van der Waals surface area contributed by atoms with Gasteiger partial charge in [-0.05, 0) is 23.3 Å². The third-order valence-electron chi connectivity index (χ3n) is 4.10. The summed E-state index contributed by atoms with van der Waals surface area (Å²) in [5.41, 5.74) is 2.47. The maximum absolute atomic E-state index is 12.2. The molecule has 4 rings (SSSR count). The minimum atomic E-state index is -0.207. The molecule has 0 atom stereocenters. The van der Waals surface area contributed by atoms with Crippen LogP contribution in [-0.2, 0) is 13.1 Å². The molecule has 0 bridgehead atoms. The predicted octanol–water partition coefficient (Wildman–Crippen LogP) is 2.75. The highest BCUT2D eigenvalue weighted by atomic mass is 16.7. The maximum Gasteiger partial charge on any atom is 0.254 e. The lowest BCUT2D eigenvalue weighted by Gasteiger charge is -2.07. The van der Waals surface area contributed by atoms with Crippen molar-refractivity contribution >= 4 is 11.9 Å². The predicted molar refractivity (Wildman–Crippen MR) is 99.5 cm³/mol. The number of fused-ring (bicyclic) bond motifs is 1. The molecule has 7 nitrogen and oxygen atoms in total. The van der Waals surface area contributed by atoms with Crippen molar-refractivity contribution in [1.29, 1.82) is 0 Å². The van der Waals surface area contributed by atoms with Gasteiger partial charge in [-0.25, -0.2) is 9.97 Å². The molecule has 2 heterocycles. The van der Waals surface area contributed by atoms with E-state index in [9.17, 15) is 4.79 Å². The van der Waals surface area contributed by atoms with E-state index in [4.69, 9.17) is 9.47 Å². The van der Waals surface area contributed by atoms with Crippen molar-refractivity contribution in [3.63, 3.8) is 0 Å². The largest absolute Gasteiger partial charge is 0.454 e. The number of benzene rings is 2. The topological polar surface area (TPSA) is 85.4 Å². The molecule has 1 aromatic heterocycles. The Morgan fingerprint density at radius 1 is 0.926 bits per heavy atom. The summed E-state index contributed by atoms with van der Waals surface area (Å²) in [5, 5.41) is 5.98. The number of carbonyl (C=O) groups is 1. The Hall–Kier alpha value is -3.61. The molecular formula is C20H18N4O3. The van der Waals surface area contributed by atoms with E-state index in [0.29, 0.717) is 24.6 Å². The first-order valence-electron chi connectivity index (χ1n) is 8.54. The van der Waals surface area contributed by atoms with Gasteiger partial charge in [-0.1, -0.05) is 36.4 Å². The fourth-order valence-electron chi connectivity index (χ4n) is 2.65. The summed E-state index contributed by atoms with van der Waals surface area (Å²) in [4.78, 5) is 20.6. The van der Waals surface area contributed by atoms with E-state index in [-0.39, 0.29) is 12.7 Å². The van der Waals surface area contributed by atoms with Crippen LogP contribution in [0.2, 0.25) is 0 Å². The molecule has 0 aliphatic carbocycles. The summed E-state index contributed by atoms with van der Waals surface area (Å²) in [5.74, 6) is 1.73. The lowest BCUT2D eigenvalue weighted by molar-refractivity contribution is 0.0950. The smallest absolute Gasteiger partial charge is 0.254 e. The van der Waals surface area contributed by atoms with E-state index in [0.717, 1.165) is 22.6 Å². The van der Waals surface area contributed by atoms with Gasteiger partial charge in [0.2, 0.25) is 12.7 Å². The van der Waals surface area contributed by atoms with Gasteiger partial charge in [0.25, 0.3) is 5.91 Å². The van der Waals surface area contributed by atoms with Crippen LogP contribution in [0.25, 0.3) is 0 Å². The molecule has 27 heavy (non-hydrogen) atoms. The van der Waals surface area contributed by atoms with Gasteiger partial charge >= 0.3 is 0 Å².